The van der Waals surface area contributed by atoms with Crippen LogP contribution in [0.4, 0.5) is 22.0 Å². The van der Waals surface area contributed by atoms with Gasteiger partial charge < -0.3 is 11.1 Å². The van der Waals surface area contributed by atoms with Gasteiger partial charge in [-0.15, -0.1) is 11.8 Å². The molecule has 3 N–H and O–H groups in total. The van der Waals surface area contributed by atoms with Crippen molar-refractivity contribution in [1.82, 2.24) is 19.9 Å². The fourth-order valence-electron chi connectivity index (χ4n) is 2.75. The molecule has 2 heterocycles. The Hall–Kier alpha value is -3.26. The first-order valence-corrected chi connectivity index (χ1v) is 9.57. The summed E-state index contributed by atoms with van der Waals surface area (Å²) in [5.74, 6) is 1.23. The zero-order valence-electron chi connectivity index (χ0n) is 15.1. The predicted molar refractivity (Wildman–Crippen MR) is 110 cm³/mol. The summed E-state index contributed by atoms with van der Waals surface area (Å²) in [6.07, 6.45) is 0. The molecule has 0 amide bonds. The number of halogens is 1. The minimum Gasteiger partial charge on any atom is -0.368 e. The van der Waals surface area contributed by atoms with Crippen LogP contribution in [0.5, 0.6) is 0 Å². The van der Waals surface area contributed by atoms with E-state index >= 15 is 0 Å². The Balaban J connectivity index is 1.56. The minimum atomic E-state index is -0.308. The Kier molecular flexibility index (Phi) is 5.03. The summed E-state index contributed by atoms with van der Waals surface area (Å²) in [5, 5.41) is 4.11. The highest BCUT2D eigenvalue weighted by Gasteiger charge is 2.09. The van der Waals surface area contributed by atoms with Gasteiger partial charge in [0, 0.05) is 21.7 Å². The number of nitrogen functional groups attached to an aromatic ring is 1. The first-order chi connectivity index (χ1) is 13.6. The predicted octanol–water partition coefficient (Wildman–Crippen LogP) is 4.49. The van der Waals surface area contributed by atoms with Crippen molar-refractivity contribution in [2.24, 2.45) is 0 Å². The maximum atomic E-state index is 13.1. The molecule has 2 aromatic heterocycles. The number of hydrogen-bond donors (Lipinski definition) is 2. The molecule has 0 saturated heterocycles. The SMILES string of the molecule is Cc1cc(SCc2nc(N)nc(Nc3ccc(F)cc3)n2)c2ccccc2n1. The van der Waals surface area contributed by atoms with Crippen molar-refractivity contribution in [3.05, 3.63) is 71.9 Å². The lowest BCUT2D eigenvalue weighted by Crippen LogP contribution is -2.06. The number of aromatic nitrogens is 4. The van der Waals surface area contributed by atoms with Crippen molar-refractivity contribution in [3.8, 4) is 0 Å². The molecule has 0 bridgehead atoms. The molecule has 28 heavy (non-hydrogen) atoms. The van der Waals surface area contributed by atoms with Gasteiger partial charge in [0.05, 0.1) is 11.3 Å². The molecule has 0 aliphatic carbocycles. The van der Waals surface area contributed by atoms with Crippen LogP contribution in [-0.2, 0) is 5.75 Å². The topological polar surface area (TPSA) is 89.6 Å². The number of anilines is 3. The second kappa shape index (κ2) is 7.77. The summed E-state index contributed by atoms with van der Waals surface area (Å²) >= 11 is 1.62. The van der Waals surface area contributed by atoms with Gasteiger partial charge in [-0.05, 0) is 43.3 Å². The third-order valence-corrected chi connectivity index (χ3v) is 5.01. The molecule has 0 fully saturated rings. The van der Waals surface area contributed by atoms with Crippen LogP contribution >= 0.6 is 11.8 Å². The molecule has 2 aromatic carbocycles. The van der Waals surface area contributed by atoms with Gasteiger partial charge in [-0.2, -0.15) is 15.0 Å². The number of nitrogens with two attached hydrogens (primary N) is 1. The van der Waals surface area contributed by atoms with Crippen LogP contribution in [0.3, 0.4) is 0 Å². The van der Waals surface area contributed by atoms with E-state index in [4.69, 9.17) is 5.73 Å². The van der Waals surface area contributed by atoms with Gasteiger partial charge in [0.15, 0.2) is 0 Å². The number of nitrogens with one attached hydrogen (secondary N) is 1. The molecule has 0 aliphatic heterocycles. The van der Waals surface area contributed by atoms with Gasteiger partial charge in [0.1, 0.15) is 11.6 Å². The number of rotatable bonds is 5. The normalized spacial score (nSPS) is 10.9. The summed E-state index contributed by atoms with van der Waals surface area (Å²) in [6.45, 7) is 1.97. The number of aryl methyl sites for hydroxylation is 1. The fourth-order valence-corrected chi connectivity index (χ4v) is 3.75. The van der Waals surface area contributed by atoms with Crippen molar-refractivity contribution < 1.29 is 4.39 Å². The van der Waals surface area contributed by atoms with Crippen LogP contribution in [-0.4, -0.2) is 19.9 Å². The van der Waals surface area contributed by atoms with Gasteiger partial charge in [0.2, 0.25) is 11.9 Å². The third-order valence-electron chi connectivity index (χ3n) is 3.96. The van der Waals surface area contributed by atoms with Crippen LogP contribution in [0.15, 0.2) is 59.5 Å². The van der Waals surface area contributed by atoms with E-state index in [1.54, 1.807) is 23.9 Å². The molecule has 0 atom stereocenters. The van der Waals surface area contributed by atoms with E-state index in [0.29, 0.717) is 23.2 Å². The van der Waals surface area contributed by atoms with Gasteiger partial charge in [0.25, 0.3) is 0 Å². The Morgan fingerprint density at radius 1 is 1.00 bits per heavy atom. The lowest BCUT2D eigenvalue weighted by Gasteiger charge is -2.09. The van der Waals surface area contributed by atoms with Gasteiger partial charge in [-0.25, -0.2) is 4.39 Å². The number of nitrogens with zero attached hydrogens (tertiary/aromatic N) is 4. The quantitative estimate of drug-likeness (QED) is 0.484. The molecule has 8 heteroatoms. The second-order valence-corrected chi connectivity index (χ2v) is 7.15. The number of pyridine rings is 1. The standard InChI is InChI=1S/C20H17FN6S/c1-12-10-17(15-4-2-3-5-16(15)23-12)28-11-18-25-19(22)27-20(26-18)24-14-8-6-13(21)7-9-14/h2-10H,11H2,1H3,(H3,22,24,25,26,27). The van der Waals surface area contributed by atoms with Crippen molar-refractivity contribution >= 4 is 40.2 Å². The molecular weight excluding hydrogens is 375 g/mol. The van der Waals surface area contributed by atoms with E-state index in [9.17, 15) is 4.39 Å². The largest absolute Gasteiger partial charge is 0.368 e. The Morgan fingerprint density at radius 2 is 1.79 bits per heavy atom. The Morgan fingerprint density at radius 3 is 2.61 bits per heavy atom. The van der Waals surface area contributed by atoms with E-state index in [1.807, 2.05) is 31.2 Å². The van der Waals surface area contributed by atoms with E-state index in [2.05, 4.69) is 31.3 Å². The Bertz CT molecular complexity index is 1130. The highest BCUT2D eigenvalue weighted by atomic mass is 32.2. The van der Waals surface area contributed by atoms with Crippen LogP contribution in [0.1, 0.15) is 11.5 Å². The Labute approximate surface area is 165 Å². The molecule has 4 rings (SSSR count). The van der Waals surface area contributed by atoms with E-state index in [0.717, 1.165) is 21.5 Å². The zero-order chi connectivity index (χ0) is 19.5. The smallest absolute Gasteiger partial charge is 0.232 e. The van der Waals surface area contributed by atoms with E-state index in [-0.39, 0.29) is 11.8 Å². The lowest BCUT2D eigenvalue weighted by atomic mass is 10.2. The lowest BCUT2D eigenvalue weighted by molar-refractivity contribution is 0.628. The molecule has 4 aromatic rings. The molecule has 140 valence electrons. The van der Waals surface area contributed by atoms with Crippen LogP contribution in [0.25, 0.3) is 10.9 Å². The molecule has 0 spiro atoms. The van der Waals surface area contributed by atoms with Crippen molar-refractivity contribution in [2.75, 3.05) is 11.1 Å². The first kappa shape index (κ1) is 18.1. The summed E-state index contributed by atoms with van der Waals surface area (Å²) in [6, 6.07) is 16.0. The number of hydrogen-bond acceptors (Lipinski definition) is 7. The summed E-state index contributed by atoms with van der Waals surface area (Å²) < 4.78 is 13.1. The maximum Gasteiger partial charge on any atom is 0.232 e. The van der Waals surface area contributed by atoms with Crippen LogP contribution in [0, 0.1) is 12.7 Å². The maximum absolute atomic E-state index is 13.1. The third kappa shape index (κ3) is 4.17. The summed E-state index contributed by atoms with van der Waals surface area (Å²) in [4.78, 5) is 18.4. The van der Waals surface area contributed by atoms with Gasteiger partial charge in [-0.1, -0.05) is 18.2 Å². The average Bonchev–Trinajstić information content (AvgIpc) is 2.67. The molecule has 0 unspecified atom stereocenters. The molecule has 6 nitrogen and oxygen atoms in total. The monoisotopic (exact) mass is 392 g/mol. The second-order valence-electron chi connectivity index (χ2n) is 6.13. The van der Waals surface area contributed by atoms with Crippen molar-refractivity contribution in [1.29, 1.82) is 0 Å². The molecule has 0 aliphatic rings. The van der Waals surface area contributed by atoms with Gasteiger partial charge >= 0.3 is 0 Å². The van der Waals surface area contributed by atoms with Gasteiger partial charge in [-0.3, -0.25) is 4.98 Å². The zero-order valence-corrected chi connectivity index (χ0v) is 15.9. The van der Waals surface area contributed by atoms with E-state index < -0.39 is 0 Å². The summed E-state index contributed by atoms with van der Waals surface area (Å²) in [7, 11) is 0. The molecular formula is C20H17FN6S. The highest BCUT2D eigenvalue weighted by Crippen LogP contribution is 2.30. The van der Waals surface area contributed by atoms with Crippen LogP contribution in [0.2, 0.25) is 0 Å². The minimum absolute atomic E-state index is 0.131. The highest BCUT2D eigenvalue weighted by molar-refractivity contribution is 7.98. The number of fused-ring (bicyclic) bond motifs is 1. The number of thioether (sulfide) groups is 1. The average molecular weight is 392 g/mol. The first-order valence-electron chi connectivity index (χ1n) is 8.59. The van der Waals surface area contributed by atoms with E-state index in [1.165, 1.54) is 12.1 Å². The van der Waals surface area contributed by atoms with Crippen LogP contribution < -0.4 is 11.1 Å². The number of benzene rings is 2. The molecule has 0 radical (unpaired) electrons. The fraction of sp³-hybridized carbons (Fsp3) is 0.100. The van der Waals surface area contributed by atoms with Crippen molar-refractivity contribution in [2.45, 2.75) is 17.6 Å². The molecule has 0 saturated carbocycles. The van der Waals surface area contributed by atoms with Crippen molar-refractivity contribution in [3.63, 3.8) is 0 Å². The number of para-hydroxylation sites is 1. The summed E-state index contributed by atoms with van der Waals surface area (Å²) in [5.41, 5.74) is 8.42.